The molecule has 238 valence electrons. The van der Waals surface area contributed by atoms with Crippen molar-refractivity contribution in [2.75, 3.05) is 0 Å². The fourth-order valence-corrected chi connectivity index (χ4v) is 5.75. The number of fused-ring (bicyclic) bond motifs is 2. The van der Waals surface area contributed by atoms with E-state index in [-0.39, 0.29) is 26.7 Å². The largest absolute Gasteiger partial charge is 0.417 e. The Morgan fingerprint density at radius 1 is 0.444 bits per heavy atom. The normalized spacial score (nSPS) is 13.7. The number of aromatic nitrogens is 2. The molecule has 0 amide bonds. The van der Waals surface area contributed by atoms with Gasteiger partial charge in [-0.1, -0.05) is 30.3 Å². The lowest BCUT2D eigenvalue weighted by Crippen LogP contribution is -2.32. The summed E-state index contributed by atoms with van der Waals surface area (Å²) in [6, 6.07) is 10.4. The van der Waals surface area contributed by atoms with Gasteiger partial charge < -0.3 is 0 Å². The molecule has 3 aromatic carbocycles. The summed E-state index contributed by atoms with van der Waals surface area (Å²) in [4.78, 5) is 0.195. The second-order valence-corrected chi connectivity index (χ2v) is 10.3. The first-order valence-electron chi connectivity index (χ1n) is 11.9. The predicted molar refractivity (Wildman–Crippen MR) is 131 cm³/mol. The van der Waals surface area contributed by atoms with E-state index >= 15 is 0 Å². The van der Waals surface area contributed by atoms with Gasteiger partial charge in [-0.25, -0.2) is 0 Å². The third-order valence-corrected chi connectivity index (χ3v) is 7.43. The lowest BCUT2D eigenvalue weighted by Gasteiger charge is -2.30. The first-order valence-corrected chi connectivity index (χ1v) is 12.7. The Bertz CT molecular complexity index is 1880. The number of alkyl halides is 15. The minimum atomic E-state index is -7.00. The van der Waals surface area contributed by atoms with Gasteiger partial charge in [-0.15, -0.1) is 21.5 Å². The van der Waals surface area contributed by atoms with E-state index in [4.69, 9.17) is 0 Å². The molecule has 0 unspecified atom stereocenters. The Morgan fingerprint density at radius 3 is 1.20 bits per heavy atom. The third-order valence-electron chi connectivity index (χ3n) is 6.55. The highest BCUT2D eigenvalue weighted by Gasteiger charge is 2.60. The number of hydrogen-bond donors (Lipinski definition) is 0. The molecule has 0 fully saturated rings. The Kier molecular flexibility index (Phi) is 7.33. The zero-order valence-electron chi connectivity index (χ0n) is 21.2. The van der Waals surface area contributed by atoms with Gasteiger partial charge in [0.25, 0.3) is 0 Å². The molecule has 2 aromatic heterocycles. The van der Waals surface area contributed by atoms with Crippen molar-refractivity contribution >= 4 is 32.9 Å². The Morgan fingerprint density at radius 2 is 0.822 bits per heavy atom. The second-order valence-electron chi connectivity index (χ2n) is 9.36. The van der Waals surface area contributed by atoms with Crippen LogP contribution in [0.3, 0.4) is 0 Å². The van der Waals surface area contributed by atoms with Gasteiger partial charge in [-0.3, -0.25) is 0 Å². The molecule has 0 atom stereocenters. The average Bonchev–Trinajstić information content (AvgIpc) is 3.42. The molecule has 0 aliphatic rings. The van der Waals surface area contributed by atoms with E-state index in [1.807, 2.05) is 0 Å². The predicted octanol–water partition coefficient (Wildman–Crippen LogP) is 11.3. The molecule has 18 heteroatoms. The number of thiophene rings is 1. The Labute approximate surface area is 243 Å². The fraction of sp³-hybridized carbons (Fsp3) is 0.185. The lowest BCUT2D eigenvalue weighted by atomic mass is 9.82. The van der Waals surface area contributed by atoms with Crippen LogP contribution in [0.4, 0.5) is 65.9 Å². The van der Waals surface area contributed by atoms with Crippen LogP contribution in [0, 0.1) is 0 Å². The molecule has 0 aliphatic heterocycles. The van der Waals surface area contributed by atoms with Crippen LogP contribution in [0.15, 0.2) is 53.9 Å². The first-order chi connectivity index (χ1) is 20.5. The third kappa shape index (κ3) is 5.63. The maximum Gasteiger partial charge on any atom is 0.417 e. The van der Waals surface area contributed by atoms with Crippen molar-refractivity contribution in [1.29, 1.82) is 0 Å². The maximum absolute atomic E-state index is 14.5. The van der Waals surface area contributed by atoms with Crippen LogP contribution in [0.1, 0.15) is 27.8 Å². The van der Waals surface area contributed by atoms with Gasteiger partial charge in [-0.2, -0.15) is 65.9 Å². The molecule has 0 saturated carbocycles. The Hall–Kier alpha value is -4.09. The van der Waals surface area contributed by atoms with E-state index in [2.05, 4.69) is 10.2 Å². The van der Waals surface area contributed by atoms with Crippen LogP contribution in [0.2, 0.25) is 0 Å². The first kappa shape index (κ1) is 32.3. The van der Waals surface area contributed by atoms with Gasteiger partial charge >= 0.3 is 30.9 Å². The van der Waals surface area contributed by atoms with Gasteiger partial charge in [0.2, 0.25) is 0 Å². The Balaban J connectivity index is 2.18. The topological polar surface area (TPSA) is 25.8 Å². The number of rotatable bonds is 2. The van der Waals surface area contributed by atoms with E-state index in [9.17, 15) is 65.9 Å². The molecule has 0 bridgehead atoms. The molecule has 5 aromatic rings. The smallest absolute Gasteiger partial charge is 0.166 e. The minimum Gasteiger partial charge on any atom is -0.166 e. The number of nitrogens with zero attached hydrogens (tertiary/aromatic N) is 2. The highest BCUT2D eigenvalue weighted by molar-refractivity contribution is 7.13. The van der Waals surface area contributed by atoms with Crippen molar-refractivity contribution in [1.82, 2.24) is 10.2 Å². The number of benzene rings is 3. The van der Waals surface area contributed by atoms with Gasteiger partial charge in [-0.05, 0) is 34.4 Å². The zero-order valence-corrected chi connectivity index (χ0v) is 22.0. The SMILES string of the molecule is FC(F)(F)c1c(-c2nnc(-c3cccs3)c3cc4ccccc4cc23)c(C(F)(F)F)c(C(F)(F)F)c(C(F)(F)F)c1C(F)(F)F. The highest BCUT2D eigenvalue weighted by Crippen LogP contribution is 2.59. The molecule has 0 saturated heterocycles. The molecular weight excluding hydrogens is 669 g/mol. The zero-order chi connectivity index (χ0) is 33.5. The van der Waals surface area contributed by atoms with Crippen LogP contribution >= 0.6 is 11.3 Å². The van der Waals surface area contributed by atoms with Crippen molar-refractivity contribution in [3.63, 3.8) is 0 Å². The highest BCUT2D eigenvalue weighted by atomic mass is 32.1. The van der Waals surface area contributed by atoms with E-state index in [0.717, 1.165) is 23.5 Å². The van der Waals surface area contributed by atoms with Crippen molar-refractivity contribution in [3.05, 3.63) is 81.7 Å². The summed E-state index contributed by atoms with van der Waals surface area (Å²) in [5.74, 6) is 0. The molecule has 0 aliphatic carbocycles. The lowest BCUT2D eigenvalue weighted by molar-refractivity contribution is -0.188. The maximum atomic E-state index is 14.5. The van der Waals surface area contributed by atoms with Crippen molar-refractivity contribution < 1.29 is 65.9 Å². The van der Waals surface area contributed by atoms with Gasteiger partial charge in [0.1, 0.15) is 11.4 Å². The molecule has 0 N–H and O–H groups in total. The van der Waals surface area contributed by atoms with Crippen molar-refractivity contribution in [2.45, 2.75) is 30.9 Å². The number of halogens is 15. The van der Waals surface area contributed by atoms with Gasteiger partial charge in [0.15, 0.2) is 0 Å². The quantitative estimate of drug-likeness (QED) is 0.137. The molecule has 45 heavy (non-hydrogen) atoms. The van der Waals surface area contributed by atoms with Crippen LogP contribution in [0.5, 0.6) is 0 Å². The molecule has 0 radical (unpaired) electrons. The molecule has 2 heterocycles. The average molecular weight is 678 g/mol. The van der Waals surface area contributed by atoms with Crippen LogP contribution in [-0.4, -0.2) is 10.2 Å². The standard InChI is InChI=1S/C27H9F15N2S/c28-23(29,30)16-15(17(24(31,32)33)19(26(37,38)39)20(27(40,41)42)18(16)25(34,35)36)22-13-9-11-5-2-1-4-10(11)8-12(13)21(43-44-22)14-6-3-7-45-14/h1-9H. The summed E-state index contributed by atoms with van der Waals surface area (Å²) in [5.41, 5.74) is -24.5. The van der Waals surface area contributed by atoms with Crippen LogP contribution in [0.25, 0.3) is 43.4 Å². The van der Waals surface area contributed by atoms with Crippen LogP contribution in [-0.2, 0) is 30.9 Å². The summed E-state index contributed by atoms with van der Waals surface area (Å²) >= 11 is 0.944. The second kappa shape index (κ2) is 10.2. The van der Waals surface area contributed by atoms with E-state index in [0.29, 0.717) is 0 Å². The monoisotopic (exact) mass is 678 g/mol. The fourth-order valence-electron chi connectivity index (χ4n) is 5.02. The summed E-state index contributed by atoms with van der Waals surface area (Å²) in [6.07, 6.45) is -34.3. The molecule has 0 spiro atoms. The van der Waals surface area contributed by atoms with E-state index in [1.165, 1.54) is 41.8 Å². The minimum absolute atomic E-state index is 0.0394. The number of hydrogen-bond acceptors (Lipinski definition) is 3. The van der Waals surface area contributed by atoms with Gasteiger partial charge in [0, 0.05) is 16.3 Å². The molecular formula is C27H9F15N2S. The van der Waals surface area contributed by atoms with Gasteiger partial charge in [0.05, 0.1) is 32.7 Å². The summed E-state index contributed by atoms with van der Waals surface area (Å²) in [7, 11) is 0. The molecule has 2 nitrogen and oxygen atoms in total. The van der Waals surface area contributed by atoms with E-state index in [1.54, 1.807) is 0 Å². The van der Waals surface area contributed by atoms with Crippen molar-refractivity contribution in [3.8, 4) is 21.8 Å². The summed E-state index contributed by atoms with van der Waals surface area (Å²) in [6.45, 7) is 0. The summed E-state index contributed by atoms with van der Waals surface area (Å²) < 4.78 is 214. The van der Waals surface area contributed by atoms with Crippen LogP contribution < -0.4 is 0 Å². The van der Waals surface area contributed by atoms with Crippen molar-refractivity contribution in [2.24, 2.45) is 0 Å². The molecule has 5 rings (SSSR count). The van der Waals surface area contributed by atoms with E-state index < -0.39 is 75.3 Å². The summed E-state index contributed by atoms with van der Waals surface area (Å²) in [5, 5.41) is 7.43.